The third kappa shape index (κ3) is 3.33. The number of benzene rings is 1. The van der Waals surface area contributed by atoms with Gasteiger partial charge in [-0.05, 0) is 38.3 Å². The van der Waals surface area contributed by atoms with Gasteiger partial charge in [-0.15, -0.1) is 0 Å². The highest BCUT2D eigenvalue weighted by Gasteiger charge is 2.31. The van der Waals surface area contributed by atoms with E-state index in [1.807, 2.05) is 19.2 Å². The van der Waals surface area contributed by atoms with Crippen molar-refractivity contribution in [1.82, 2.24) is 4.90 Å². The molecule has 2 nitrogen and oxygen atoms in total. The maximum atomic E-state index is 13.7. The van der Waals surface area contributed by atoms with E-state index in [1.54, 1.807) is 6.07 Å². The molecule has 0 heterocycles. The summed E-state index contributed by atoms with van der Waals surface area (Å²) in [5.41, 5.74) is 0.708. The van der Waals surface area contributed by atoms with E-state index in [-0.39, 0.29) is 17.8 Å². The van der Waals surface area contributed by atoms with Gasteiger partial charge in [0.15, 0.2) is 0 Å². The van der Waals surface area contributed by atoms with E-state index in [0.29, 0.717) is 18.0 Å². The van der Waals surface area contributed by atoms with Crippen LogP contribution in [0.5, 0.6) is 0 Å². The van der Waals surface area contributed by atoms with Crippen LogP contribution in [0.3, 0.4) is 0 Å². The fraction of sp³-hybridized carbons (Fsp3) is 0.562. The molecule has 0 saturated heterocycles. The summed E-state index contributed by atoms with van der Waals surface area (Å²) in [6, 6.07) is 9.54. The Bertz CT molecular complexity index is 466. The van der Waals surface area contributed by atoms with E-state index in [4.69, 9.17) is 0 Å². The summed E-state index contributed by atoms with van der Waals surface area (Å²) in [6.45, 7) is 2.81. The van der Waals surface area contributed by atoms with Crippen molar-refractivity contribution in [1.29, 1.82) is 5.26 Å². The fourth-order valence-electron chi connectivity index (χ4n) is 3.00. The summed E-state index contributed by atoms with van der Waals surface area (Å²) in [4.78, 5) is 2.14. The van der Waals surface area contributed by atoms with Crippen molar-refractivity contribution in [2.75, 3.05) is 7.05 Å². The van der Waals surface area contributed by atoms with Gasteiger partial charge in [-0.2, -0.15) is 5.26 Å². The molecule has 1 aromatic rings. The molecule has 0 bridgehead atoms. The van der Waals surface area contributed by atoms with Crippen molar-refractivity contribution in [3.63, 3.8) is 0 Å². The Morgan fingerprint density at radius 3 is 2.79 bits per heavy atom. The molecule has 2 rings (SSSR count). The topological polar surface area (TPSA) is 27.0 Å². The van der Waals surface area contributed by atoms with Gasteiger partial charge in [0.1, 0.15) is 5.82 Å². The van der Waals surface area contributed by atoms with Gasteiger partial charge in [-0.3, -0.25) is 4.90 Å². The van der Waals surface area contributed by atoms with E-state index in [1.165, 1.54) is 6.07 Å². The molecule has 0 spiro atoms. The van der Waals surface area contributed by atoms with Crippen LogP contribution in [-0.4, -0.2) is 18.0 Å². The largest absolute Gasteiger partial charge is 0.298 e. The zero-order chi connectivity index (χ0) is 13.8. The lowest BCUT2D eigenvalue weighted by atomic mass is 9.79. The van der Waals surface area contributed by atoms with E-state index in [9.17, 15) is 9.65 Å². The molecule has 1 aromatic carbocycles. The van der Waals surface area contributed by atoms with Crippen molar-refractivity contribution in [2.24, 2.45) is 11.8 Å². The maximum absolute atomic E-state index is 13.7. The molecule has 19 heavy (non-hydrogen) atoms. The number of rotatable bonds is 3. The van der Waals surface area contributed by atoms with Gasteiger partial charge in [0.05, 0.1) is 12.0 Å². The molecule has 0 aliphatic heterocycles. The SMILES string of the molecule is CC1CCC(C#N)C(N(C)Cc2ccccc2F)C1. The lowest BCUT2D eigenvalue weighted by molar-refractivity contribution is 0.124. The molecule has 3 atom stereocenters. The zero-order valence-corrected chi connectivity index (χ0v) is 11.6. The molecular weight excluding hydrogens is 239 g/mol. The lowest BCUT2D eigenvalue weighted by Gasteiger charge is -2.37. The minimum Gasteiger partial charge on any atom is -0.298 e. The Balaban J connectivity index is 2.08. The first kappa shape index (κ1) is 14.0. The highest BCUT2D eigenvalue weighted by atomic mass is 19.1. The quantitative estimate of drug-likeness (QED) is 0.830. The molecule has 0 N–H and O–H groups in total. The summed E-state index contributed by atoms with van der Waals surface area (Å²) in [5, 5.41) is 9.27. The van der Waals surface area contributed by atoms with E-state index >= 15 is 0 Å². The first-order valence-electron chi connectivity index (χ1n) is 6.95. The van der Waals surface area contributed by atoms with Crippen molar-refractivity contribution in [3.05, 3.63) is 35.6 Å². The summed E-state index contributed by atoms with van der Waals surface area (Å²) >= 11 is 0. The van der Waals surface area contributed by atoms with Crippen molar-refractivity contribution in [2.45, 2.75) is 38.8 Å². The van der Waals surface area contributed by atoms with E-state index < -0.39 is 0 Å². The molecule has 1 saturated carbocycles. The molecule has 1 fully saturated rings. The van der Waals surface area contributed by atoms with Crippen LogP contribution in [0, 0.1) is 29.0 Å². The predicted molar refractivity (Wildman–Crippen MR) is 73.8 cm³/mol. The second-order valence-electron chi connectivity index (χ2n) is 5.73. The predicted octanol–water partition coefficient (Wildman–Crippen LogP) is 3.59. The Labute approximate surface area is 114 Å². The van der Waals surface area contributed by atoms with Crippen LogP contribution in [0.25, 0.3) is 0 Å². The first-order valence-corrected chi connectivity index (χ1v) is 6.95. The molecular formula is C16H21FN2. The second-order valence-corrected chi connectivity index (χ2v) is 5.73. The van der Waals surface area contributed by atoms with Crippen LogP contribution in [0.15, 0.2) is 24.3 Å². The monoisotopic (exact) mass is 260 g/mol. The fourth-order valence-corrected chi connectivity index (χ4v) is 3.00. The molecule has 1 aliphatic rings. The zero-order valence-electron chi connectivity index (χ0n) is 11.6. The van der Waals surface area contributed by atoms with Gasteiger partial charge in [0.2, 0.25) is 0 Å². The Morgan fingerprint density at radius 2 is 2.11 bits per heavy atom. The van der Waals surface area contributed by atoms with E-state index in [0.717, 1.165) is 19.3 Å². The average Bonchev–Trinajstić information content (AvgIpc) is 2.41. The van der Waals surface area contributed by atoms with Crippen LogP contribution in [-0.2, 0) is 6.54 Å². The third-order valence-corrected chi connectivity index (χ3v) is 4.19. The lowest BCUT2D eigenvalue weighted by Crippen LogP contribution is -2.41. The van der Waals surface area contributed by atoms with E-state index in [2.05, 4.69) is 17.9 Å². The Kier molecular flexibility index (Phi) is 4.55. The van der Waals surface area contributed by atoms with Gasteiger partial charge in [0.25, 0.3) is 0 Å². The summed E-state index contributed by atoms with van der Waals surface area (Å²) < 4.78 is 13.7. The number of nitrogens with zero attached hydrogens (tertiary/aromatic N) is 2. The normalized spacial score (nSPS) is 27.2. The minimum atomic E-state index is -0.160. The van der Waals surface area contributed by atoms with Crippen LogP contribution in [0.1, 0.15) is 31.7 Å². The van der Waals surface area contributed by atoms with Gasteiger partial charge >= 0.3 is 0 Å². The van der Waals surface area contributed by atoms with Crippen LogP contribution >= 0.6 is 0 Å². The third-order valence-electron chi connectivity index (χ3n) is 4.19. The maximum Gasteiger partial charge on any atom is 0.127 e. The van der Waals surface area contributed by atoms with Crippen LogP contribution in [0.2, 0.25) is 0 Å². The molecule has 3 unspecified atom stereocenters. The van der Waals surface area contributed by atoms with Crippen LogP contribution in [0.4, 0.5) is 4.39 Å². The number of nitriles is 1. The van der Waals surface area contributed by atoms with Crippen LogP contribution < -0.4 is 0 Å². The van der Waals surface area contributed by atoms with Crippen molar-refractivity contribution in [3.8, 4) is 6.07 Å². The second kappa shape index (κ2) is 6.16. The minimum absolute atomic E-state index is 0.0768. The Hall–Kier alpha value is -1.40. The molecule has 102 valence electrons. The van der Waals surface area contributed by atoms with Crippen molar-refractivity contribution < 1.29 is 4.39 Å². The van der Waals surface area contributed by atoms with Gasteiger partial charge in [0, 0.05) is 18.2 Å². The van der Waals surface area contributed by atoms with Crippen molar-refractivity contribution >= 4 is 0 Å². The summed E-state index contributed by atoms with van der Waals surface area (Å²) in [6.07, 6.45) is 3.12. The molecule has 1 aliphatic carbocycles. The molecule has 0 amide bonds. The number of hydrogen-bond acceptors (Lipinski definition) is 2. The number of halogens is 1. The first-order chi connectivity index (χ1) is 9.11. The average molecular weight is 260 g/mol. The van der Waals surface area contributed by atoms with Gasteiger partial charge in [-0.25, -0.2) is 4.39 Å². The summed E-state index contributed by atoms with van der Waals surface area (Å²) in [7, 11) is 2.00. The van der Waals surface area contributed by atoms with Gasteiger partial charge < -0.3 is 0 Å². The number of hydrogen-bond donors (Lipinski definition) is 0. The highest BCUT2D eigenvalue weighted by molar-refractivity contribution is 5.17. The highest BCUT2D eigenvalue weighted by Crippen LogP contribution is 2.32. The standard InChI is InChI=1S/C16H21FN2/c1-12-7-8-13(10-18)16(9-12)19(2)11-14-5-3-4-6-15(14)17/h3-6,12-13,16H,7-9,11H2,1-2H3. The smallest absolute Gasteiger partial charge is 0.127 e. The molecule has 0 aromatic heterocycles. The molecule has 0 radical (unpaired) electrons. The molecule has 3 heteroatoms. The summed E-state index contributed by atoms with van der Waals surface area (Å²) in [5.74, 6) is 0.567. The Morgan fingerprint density at radius 1 is 1.37 bits per heavy atom. The van der Waals surface area contributed by atoms with Gasteiger partial charge in [-0.1, -0.05) is 25.1 Å².